The molecule has 9 heteroatoms. The van der Waals surface area contributed by atoms with Crippen molar-refractivity contribution in [2.75, 3.05) is 17.7 Å². The van der Waals surface area contributed by atoms with Crippen molar-refractivity contribution in [2.45, 2.75) is 5.16 Å². The van der Waals surface area contributed by atoms with E-state index in [1.54, 1.807) is 41.1 Å². The van der Waals surface area contributed by atoms with Gasteiger partial charge in [0, 0.05) is 18.0 Å². The number of carbonyl (C=O) groups is 2. The topological polar surface area (TPSA) is 98.5 Å². The van der Waals surface area contributed by atoms with E-state index in [1.165, 1.54) is 11.8 Å². The third-order valence-corrected chi connectivity index (χ3v) is 4.37. The Morgan fingerprint density at radius 1 is 1.38 bits per heavy atom. The number of anilines is 1. The first kappa shape index (κ1) is 14.6. The Morgan fingerprint density at radius 2 is 2.29 bits per heavy atom. The highest BCUT2D eigenvalue weighted by Gasteiger charge is 2.18. The molecule has 1 aliphatic rings. The van der Waals surface area contributed by atoms with Crippen molar-refractivity contribution < 1.29 is 14.3 Å². The molecule has 1 amide bonds. The largest absolute Gasteiger partial charge is 0.482 e. The summed E-state index contributed by atoms with van der Waals surface area (Å²) in [5, 5.41) is 11.3. The summed E-state index contributed by atoms with van der Waals surface area (Å²) in [6.45, 7) is -0.00979. The number of ketones is 1. The molecule has 0 atom stereocenters. The first-order valence-corrected chi connectivity index (χ1v) is 8.08. The van der Waals surface area contributed by atoms with Gasteiger partial charge < -0.3 is 10.1 Å². The number of hydrogen-bond donors (Lipinski definition) is 1. The Labute approximate surface area is 140 Å². The molecule has 2 aromatic heterocycles. The third-order valence-electron chi connectivity index (χ3n) is 3.42. The maximum absolute atomic E-state index is 12.4. The van der Waals surface area contributed by atoms with Gasteiger partial charge in [-0.1, -0.05) is 11.8 Å². The fourth-order valence-electron chi connectivity index (χ4n) is 2.29. The molecule has 24 heavy (non-hydrogen) atoms. The number of Topliss-reactive ketones (excluding diaryl/α,β-unsaturated/α-hetero) is 1. The fourth-order valence-corrected chi connectivity index (χ4v) is 3.10. The van der Waals surface area contributed by atoms with Gasteiger partial charge in [-0.25, -0.2) is 4.98 Å². The van der Waals surface area contributed by atoms with Gasteiger partial charge in [-0.3, -0.25) is 14.0 Å². The van der Waals surface area contributed by atoms with Crippen molar-refractivity contribution >= 4 is 34.9 Å². The smallest absolute Gasteiger partial charge is 0.262 e. The zero-order chi connectivity index (χ0) is 16.5. The van der Waals surface area contributed by atoms with E-state index < -0.39 is 0 Å². The minimum atomic E-state index is -0.232. The van der Waals surface area contributed by atoms with Gasteiger partial charge >= 0.3 is 0 Å². The van der Waals surface area contributed by atoms with Crippen LogP contribution in [-0.2, 0) is 4.79 Å². The number of rotatable bonds is 4. The van der Waals surface area contributed by atoms with Gasteiger partial charge in [0.05, 0.1) is 11.4 Å². The summed E-state index contributed by atoms with van der Waals surface area (Å²) in [5.74, 6) is 0.935. The number of aromatic nitrogens is 4. The van der Waals surface area contributed by atoms with Gasteiger partial charge in [-0.2, -0.15) is 0 Å². The Morgan fingerprint density at radius 3 is 3.21 bits per heavy atom. The van der Waals surface area contributed by atoms with Gasteiger partial charge in [0.15, 0.2) is 17.5 Å². The molecule has 0 unspecified atom stereocenters. The highest BCUT2D eigenvalue weighted by atomic mass is 32.2. The SMILES string of the molecule is O=C1COc2ccc(C(=O)CSc3nnc4ncccn34)cc2N1. The van der Waals surface area contributed by atoms with Crippen LogP contribution in [0.25, 0.3) is 5.78 Å². The van der Waals surface area contributed by atoms with Gasteiger partial charge in [-0.15, -0.1) is 10.2 Å². The van der Waals surface area contributed by atoms with Crippen molar-refractivity contribution in [3.05, 3.63) is 42.2 Å². The predicted molar refractivity (Wildman–Crippen MR) is 86.4 cm³/mol. The molecule has 0 aliphatic carbocycles. The fraction of sp³-hybridized carbons (Fsp3) is 0.133. The maximum atomic E-state index is 12.4. The van der Waals surface area contributed by atoms with Gasteiger partial charge in [0.2, 0.25) is 0 Å². The second kappa shape index (κ2) is 5.93. The van der Waals surface area contributed by atoms with Crippen LogP contribution in [-0.4, -0.2) is 43.6 Å². The van der Waals surface area contributed by atoms with E-state index in [0.717, 1.165) is 0 Å². The highest BCUT2D eigenvalue weighted by Crippen LogP contribution is 2.29. The van der Waals surface area contributed by atoms with Crippen LogP contribution in [0, 0.1) is 0 Å². The summed E-state index contributed by atoms with van der Waals surface area (Å²) in [7, 11) is 0. The van der Waals surface area contributed by atoms with E-state index in [9.17, 15) is 9.59 Å². The number of nitrogens with one attached hydrogen (secondary N) is 1. The molecule has 120 valence electrons. The Balaban J connectivity index is 1.50. The van der Waals surface area contributed by atoms with Gasteiger partial charge in [0.25, 0.3) is 11.7 Å². The molecular formula is C15H11N5O3S. The van der Waals surface area contributed by atoms with Gasteiger partial charge in [0.1, 0.15) is 5.75 Å². The van der Waals surface area contributed by atoms with Crippen LogP contribution < -0.4 is 10.1 Å². The molecule has 3 aromatic rings. The molecule has 0 fully saturated rings. The second-order valence-electron chi connectivity index (χ2n) is 5.03. The number of benzene rings is 1. The van der Waals surface area contributed by atoms with Crippen molar-refractivity contribution in [3.63, 3.8) is 0 Å². The summed E-state index contributed by atoms with van der Waals surface area (Å²) >= 11 is 1.28. The number of ether oxygens (including phenoxy) is 1. The summed E-state index contributed by atoms with van der Waals surface area (Å²) in [6, 6.07) is 6.76. The minimum Gasteiger partial charge on any atom is -0.482 e. The van der Waals surface area contributed by atoms with E-state index in [1.807, 2.05) is 0 Å². The molecule has 0 saturated carbocycles. The van der Waals surface area contributed by atoms with Crippen molar-refractivity contribution in [1.82, 2.24) is 19.6 Å². The second-order valence-corrected chi connectivity index (χ2v) is 5.97. The standard InChI is InChI=1S/C15H11N5O3S/c21-11(8-24-15-19-18-14-16-4-1-5-20(14)15)9-2-3-12-10(6-9)17-13(22)7-23-12/h1-6H,7-8H2,(H,17,22). The van der Waals surface area contributed by atoms with E-state index in [0.29, 0.717) is 27.9 Å². The number of hydrogen-bond acceptors (Lipinski definition) is 7. The number of carbonyl (C=O) groups excluding carboxylic acids is 2. The summed E-state index contributed by atoms with van der Waals surface area (Å²) in [6.07, 6.45) is 3.42. The first-order chi connectivity index (χ1) is 11.7. The predicted octanol–water partition coefficient (Wildman–Crippen LogP) is 1.43. The van der Waals surface area contributed by atoms with Crippen LogP contribution in [0.15, 0.2) is 41.8 Å². The van der Waals surface area contributed by atoms with Crippen molar-refractivity contribution in [1.29, 1.82) is 0 Å². The highest BCUT2D eigenvalue weighted by molar-refractivity contribution is 7.99. The zero-order valence-electron chi connectivity index (χ0n) is 12.3. The minimum absolute atomic E-state index is 0.00979. The molecule has 0 bridgehead atoms. The van der Waals surface area contributed by atoms with E-state index >= 15 is 0 Å². The summed E-state index contributed by atoms with van der Waals surface area (Å²) in [5.41, 5.74) is 1.01. The zero-order valence-corrected chi connectivity index (χ0v) is 13.1. The normalized spacial score (nSPS) is 13.2. The molecule has 0 spiro atoms. The number of thioether (sulfide) groups is 1. The lowest BCUT2D eigenvalue weighted by Crippen LogP contribution is -2.25. The Bertz CT molecular complexity index is 955. The lowest BCUT2D eigenvalue weighted by atomic mass is 10.1. The summed E-state index contributed by atoms with van der Waals surface area (Å²) in [4.78, 5) is 27.8. The molecule has 1 N–H and O–H groups in total. The van der Waals surface area contributed by atoms with Gasteiger partial charge in [-0.05, 0) is 24.3 Å². The first-order valence-electron chi connectivity index (χ1n) is 7.09. The average molecular weight is 341 g/mol. The number of amides is 1. The lowest BCUT2D eigenvalue weighted by Gasteiger charge is -2.18. The van der Waals surface area contributed by atoms with Crippen molar-refractivity contribution in [3.8, 4) is 5.75 Å². The molecule has 0 radical (unpaired) electrons. The van der Waals surface area contributed by atoms with Crippen LogP contribution >= 0.6 is 11.8 Å². The molecule has 4 rings (SSSR count). The lowest BCUT2D eigenvalue weighted by molar-refractivity contribution is -0.118. The van der Waals surface area contributed by atoms with Crippen LogP contribution in [0.2, 0.25) is 0 Å². The average Bonchev–Trinajstić information content (AvgIpc) is 3.02. The van der Waals surface area contributed by atoms with Crippen LogP contribution in [0.1, 0.15) is 10.4 Å². The Kier molecular flexibility index (Phi) is 3.62. The molecular weight excluding hydrogens is 330 g/mol. The quantitative estimate of drug-likeness (QED) is 0.566. The molecule has 0 saturated heterocycles. The molecule has 3 heterocycles. The summed E-state index contributed by atoms with van der Waals surface area (Å²) < 4.78 is 7.00. The van der Waals surface area contributed by atoms with Crippen LogP contribution in [0.5, 0.6) is 5.75 Å². The molecule has 1 aliphatic heterocycles. The van der Waals surface area contributed by atoms with E-state index in [-0.39, 0.29) is 24.1 Å². The number of fused-ring (bicyclic) bond motifs is 2. The van der Waals surface area contributed by atoms with Crippen LogP contribution in [0.3, 0.4) is 0 Å². The van der Waals surface area contributed by atoms with Crippen molar-refractivity contribution in [2.24, 2.45) is 0 Å². The Hall–Kier alpha value is -2.94. The van der Waals surface area contributed by atoms with E-state index in [2.05, 4.69) is 20.5 Å². The third kappa shape index (κ3) is 2.69. The maximum Gasteiger partial charge on any atom is 0.262 e. The monoisotopic (exact) mass is 341 g/mol. The van der Waals surface area contributed by atoms with Crippen LogP contribution in [0.4, 0.5) is 5.69 Å². The molecule has 1 aromatic carbocycles. The van der Waals surface area contributed by atoms with E-state index in [4.69, 9.17) is 4.74 Å². The number of nitrogens with zero attached hydrogens (tertiary/aromatic N) is 4. The molecule has 8 nitrogen and oxygen atoms in total.